The van der Waals surface area contributed by atoms with E-state index in [2.05, 4.69) is 21.4 Å². The minimum atomic E-state index is -0.181. The fourth-order valence-electron chi connectivity index (χ4n) is 2.52. The summed E-state index contributed by atoms with van der Waals surface area (Å²) in [5, 5.41) is 3.00. The van der Waals surface area contributed by atoms with Gasteiger partial charge in [-0.05, 0) is 50.1 Å². The number of hydrogen-bond donors (Lipinski definition) is 2. The van der Waals surface area contributed by atoms with Crippen LogP contribution in [0.4, 0.5) is 0 Å². The summed E-state index contributed by atoms with van der Waals surface area (Å²) in [5.41, 5.74) is 4.75. The Morgan fingerprint density at radius 2 is 1.95 bits per heavy atom. The molecule has 2 aromatic carbocycles. The van der Waals surface area contributed by atoms with Gasteiger partial charge < -0.3 is 10.3 Å². The molecule has 1 amide bonds. The number of fused-ring (bicyclic) bond motifs is 1. The lowest BCUT2D eigenvalue weighted by Gasteiger charge is -2.12. The van der Waals surface area contributed by atoms with E-state index in [0.717, 1.165) is 22.4 Å². The highest BCUT2D eigenvalue weighted by atomic mass is 16.1. The minimum Gasteiger partial charge on any atom is -0.342 e. The van der Waals surface area contributed by atoms with Crippen LogP contribution < -0.4 is 5.32 Å². The highest BCUT2D eigenvalue weighted by Gasteiger charge is 2.15. The van der Waals surface area contributed by atoms with Gasteiger partial charge in [-0.25, -0.2) is 4.98 Å². The van der Waals surface area contributed by atoms with Gasteiger partial charge in [-0.15, -0.1) is 0 Å². The number of benzene rings is 2. The summed E-state index contributed by atoms with van der Waals surface area (Å²) < 4.78 is 0. The second-order valence-electron chi connectivity index (χ2n) is 5.65. The van der Waals surface area contributed by atoms with E-state index in [1.807, 2.05) is 57.2 Å². The van der Waals surface area contributed by atoms with E-state index < -0.39 is 0 Å². The summed E-state index contributed by atoms with van der Waals surface area (Å²) in [6.07, 6.45) is 0. The molecule has 0 aliphatic heterocycles. The van der Waals surface area contributed by atoms with Crippen LogP contribution in [0.2, 0.25) is 0 Å². The van der Waals surface area contributed by atoms with Gasteiger partial charge in [0.25, 0.3) is 5.91 Å². The van der Waals surface area contributed by atoms with E-state index in [1.165, 1.54) is 5.56 Å². The Balaban J connectivity index is 1.82. The third kappa shape index (κ3) is 2.72. The number of imidazole rings is 1. The summed E-state index contributed by atoms with van der Waals surface area (Å²) in [6.45, 7) is 5.91. The van der Waals surface area contributed by atoms with Gasteiger partial charge in [-0.3, -0.25) is 4.79 Å². The maximum Gasteiger partial charge on any atom is 0.252 e. The van der Waals surface area contributed by atoms with Crippen LogP contribution in [-0.4, -0.2) is 15.9 Å². The predicted molar refractivity (Wildman–Crippen MR) is 87.9 cm³/mol. The first-order chi connectivity index (χ1) is 10.5. The molecule has 1 heterocycles. The predicted octanol–water partition coefficient (Wildman–Crippen LogP) is 3.67. The second-order valence-corrected chi connectivity index (χ2v) is 5.65. The number of amides is 1. The van der Waals surface area contributed by atoms with Crippen LogP contribution in [-0.2, 0) is 0 Å². The molecule has 112 valence electrons. The number of nitrogens with zero attached hydrogens (tertiary/aromatic N) is 1. The number of nitrogens with one attached hydrogen (secondary N) is 2. The Morgan fingerprint density at radius 3 is 2.73 bits per heavy atom. The number of carbonyl (C=O) groups excluding carboxylic acids is 1. The zero-order chi connectivity index (χ0) is 15.7. The number of hydrogen-bond acceptors (Lipinski definition) is 2. The van der Waals surface area contributed by atoms with Gasteiger partial charge in [0.05, 0.1) is 17.1 Å². The molecule has 0 fully saturated rings. The molecular weight excluding hydrogens is 274 g/mol. The molecule has 0 saturated carbocycles. The summed E-state index contributed by atoms with van der Waals surface area (Å²) in [5.74, 6) is 0.685. The molecule has 0 spiro atoms. The first-order valence-corrected chi connectivity index (χ1v) is 7.37. The van der Waals surface area contributed by atoms with Gasteiger partial charge >= 0.3 is 0 Å². The Labute approximate surface area is 129 Å². The smallest absolute Gasteiger partial charge is 0.252 e. The molecule has 1 unspecified atom stereocenters. The zero-order valence-electron chi connectivity index (χ0n) is 13.0. The van der Waals surface area contributed by atoms with Crippen molar-refractivity contribution in [3.63, 3.8) is 0 Å². The molecule has 1 atom stereocenters. The molecule has 0 aliphatic carbocycles. The van der Waals surface area contributed by atoms with Crippen molar-refractivity contribution < 1.29 is 4.79 Å². The van der Waals surface area contributed by atoms with E-state index in [9.17, 15) is 4.79 Å². The SMILES string of the molecule is Cc1ccc2nc(C(C)NC(=O)c3ccccc3C)[nH]c2c1. The molecule has 3 rings (SSSR count). The molecule has 22 heavy (non-hydrogen) atoms. The van der Waals surface area contributed by atoms with Crippen molar-refractivity contribution in [1.29, 1.82) is 0 Å². The number of aryl methyl sites for hydroxylation is 2. The van der Waals surface area contributed by atoms with E-state index in [1.54, 1.807) is 0 Å². The van der Waals surface area contributed by atoms with Crippen LogP contribution >= 0.6 is 0 Å². The van der Waals surface area contributed by atoms with Crippen molar-refractivity contribution in [3.8, 4) is 0 Å². The van der Waals surface area contributed by atoms with Crippen molar-refractivity contribution in [2.75, 3.05) is 0 Å². The number of carbonyl (C=O) groups is 1. The van der Waals surface area contributed by atoms with Gasteiger partial charge in [0.2, 0.25) is 0 Å². The van der Waals surface area contributed by atoms with Crippen molar-refractivity contribution in [3.05, 3.63) is 65.0 Å². The third-order valence-electron chi connectivity index (χ3n) is 3.80. The minimum absolute atomic E-state index is 0.0813. The normalized spacial score (nSPS) is 12.3. The third-order valence-corrected chi connectivity index (χ3v) is 3.80. The molecular formula is C18H19N3O. The maximum atomic E-state index is 12.4. The van der Waals surface area contributed by atoms with Crippen molar-refractivity contribution in [2.24, 2.45) is 0 Å². The second kappa shape index (κ2) is 5.64. The topological polar surface area (TPSA) is 57.8 Å². The lowest BCUT2D eigenvalue weighted by atomic mass is 10.1. The summed E-state index contributed by atoms with van der Waals surface area (Å²) in [7, 11) is 0. The highest BCUT2D eigenvalue weighted by molar-refractivity contribution is 5.95. The molecule has 0 saturated heterocycles. The van der Waals surface area contributed by atoms with E-state index in [-0.39, 0.29) is 11.9 Å². The number of H-pyrrole nitrogens is 1. The van der Waals surface area contributed by atoms with Crippen molar-refractivity contribution in [1.82, 2.24) is 15.3 Å². The average molecular weight is 293 g/mol. The van der Waals surface area contributed by atoms with E-state index in [4.69, 9.17) is 0 Å². The summed E-state index contributed by atoms with van der Waals surface area (Å²) >= 11 is 0. The van der Waals surface area contributed by atoms with Gasteiger partial charge in [0.1, 0.15) is 5.82 Å². The highest BCUT2D eigenvalue weighted by Crippen LogP contribution is 2.18. The fraction of sp³-hybridized carbons (Fsp3) is 0.222. The molecule has 1 aromatic heterocycles. The van der Waals surface area contributed by atoms with Crippen LogP contribution in [0.5, 0.6) is 0 Å². The average Bonchev–Trinajstić information content (AvgIpc) is 2.90. The molecule has 2 N–H and O–H groups in total. The van der Waals surface area contributed by atoms with Crippen LogP contribution in [0.15, 0.2) is 42.5 Å². The Hall–Kier alpha value is -2.62. The molecule has 3 aromatic rings. The summed E-state index contributed by atoms with van der Waals surface area (Å²) in [4.78, 5) is 20.2. The molecule has 0 radical (unpaired) electrons. The van der Waals surface area contributed by atoms with E-state index >= 15 is 0 Å². The fourth-order valence-corrected chi connectivity index (χ4v) is 2.52. The van der Waals surface area contributed by atoms with Crippen molar-refractivity contribution >= 4 is 16.9 Å². The summed E-state index contributed by atoms with van der Waals surface area (Å²) in [6, 6.07) is 13.5. The number of rotatable bonds is 3. The largest absolute Gasteiger partial charge is 0.342 e. The van der Waals surface area contributed by atoms with Gasteiger partial charge in [0.15, 0.2) is 0 Å². The van der Waals surface area contributed by atoms with Gasteiger partial charge in [-0.2, -0.15) is 0 Å². The quantitative estimate of drug-likeness (QED) is 0.774. The van der Waals surface area contributed by atoms with Gasteiger partial charge in [-0.1, -0.05) is 24.3 Å². The van der Waals surface area contributed by atoms with Crippen LogP contribution in [0.25, 0.3) is 11.0 Å². The Morgan fingerprint density at radius 1 is 1.18 bits per heavy atom. The molecule has 0 aliphatic rings. The Bertz CT molecular complexity index is 835. The first kappa shape index (κ1) is 14.3. The van der Waals surface area contributed by atoms with Crippen molar-refractivity contribution in [2.45, 2.75) is 26.8 Å². The molecule has 0 bridgehead atoms. The maximum absolute atomic E-state index is 12.4. The first-order valence-electron chi connectivity index (χ1n) is 7.37. The van der Waals surface area contributed by atoms with Crippen LogP contribution in [0, 0.1) is 13.8 Å². The Kier molecular flexibility index (Phi) is 3.67. The monoisotopic (exact) mass is 293 g/mol. The van der Waals surface area contributed by atoms with Crippen LogP contribution in [0.3, 0.4) is 0 Å². The number of aromatic nitrogens is 2. The lowest BCUT2D eigenvalue weighted by Crippen LogP contribution is -2.27. The van der Waals surface area contributed by atoms with E-state index in [0.29, 0.717) is 5.56 Å². The number of aromatic amines is 1. The van der Waals surface area contributed by atoms with Gasteiger partial charge in [0, 0.05) is 5.56 Å². The zero-order valence-corrected chi connectivity index (χ0v) is 13.0. The standard InChI is InChI=1S/C18H19N3O/c1-11-8-9-15-16(10-11)21-17(20-15)13(3)19-18(22)14-7-5-4-6-12(14)2/h4-10,13H,1-3H3,(H,19,22)(H,20,21). The van der Waals surface area contributed by atoms with Crippen LogP contribution in [0.1, 0.15) is 40.3 Å². The molecule has 4 nitrogen and oxygen atoms in total. The molecule has 4 heteroatoms. The lowest BCUT2D eigenvalue weighted by molar-refractivity contribution is 0.0938.